The Kier molecular flexibility index (Phi) is 4.26. The molecule has 0 heterocycles. The normalized spacial score (nSPS) is 13.1. The topological polar surface area (TPSA) is 67.2 Å². The highest BCUT2D eigenvalue weighted by Crippen LogP contribution is 2.17. The summed E-state index contributed by atoms with van der Waals surface area (Å²) in [4.78, 5) is 20.9. The van der Waals surface area contributed by atoms with Crippen LogP contribution in [0.2, 0.25) is 0 Å². The molecule has 80 valence electrons. The minimum atomic E-state index is -5.18. The molecule has 1 unspecified atom stereocenters. The summed E-state index contributed by atoms with van der Waals surface area (Å²) in [6.45, 7) is 1.48. The van der Waals surface area contributed by atoms with Gasteiger partial charge in [-0.25, -0.2) is 4.79 Å². The van der Waals surface area contributed by atoms with Crippen LogP contribution in [0.25, 0.3) is 0 Å². The lowest BCUT2D eigenvalue weighted by Gasteiger charge is -2.08. The van der Waals surface area contributed by atoms with Gasteiger partial charge in [0.05, 0.1) is 5.92 Å². The molecule has 0 aromatic heterocycles. The Labute approximate surface area is 77.5 Å². The van der Waals surface area contributed by atoms with Gasteiger partial charge >= 0.3 is 18.1 Å². The van der Waals surface area contributed by atoms with Gasteiger partial charge in [-0.3, -0.25) is 4.79 Å². The van der Waals surface area contributed by atoms with Gasteiger partial charge in [-0.15, -0.1) is 0 Å². The number of carbonyl (C=O) groups excluding carboxylic acids is 2. The van der Waals surface area contributed by atoms with Crippen molar-refractivity contribution < 1.29 is 27.5 Å². The Morgan fingerprint density at radius 2 is 2.00 bits per heavy atom. The first kappa shape index (κ1) is 12.6. The van der Waals surface area contributed by atoms with Crippen LogP contribution in [0.3, 0.4) is 0 Å². The van der Waals surface area contributed by atoms with Crippen molar-refractivity contribution in [1.29, 1.82) is 5.41 Å². The molecule has 0 radical (unpaired) electrons. The number of nitrogens with one attached hydrogen (secondary N) is 1. The zero-order valence-electron chi connectivity index (χ0n) is 7.22. The summed E-state index contributed by atoms with van der Waals surface area (Å²) < 4.78 is 38.3. The van der Waals surface area contributed by atoms with E-state index in [0.717, 1.165) is 0 Å². The second-order valence-electron chi connectivity index (χ2n) is 2.39. The Balaban J connectivity index is 4.33. The molecule has 0 saturated heterocycles. The van der Waals surface area contributed by atoms with Gasteiger partial charge in [0.1, 0.15) is 0 Å². The molecule has 0 amide bonds. The third-order valence-electron chi connectivity index (χ3n) is 1.37. The Morgan fingerprint density at radius 1 is 1.50 bits per heavy atom. The molecule has 0 aliphatic carbocycles. The SMILES string of the molecule is CCC(C=N)C(=O)OC(=O)C(F)(F)F. The van der Waals surface area contributed by atoms with Crippen LogP contribution in [0, 0.1) is 11.3 Å². The fourth-order valence-corrected chi connectivity index (χ4v) is 0.577. The standard InChI is InChI=1S/C7H8F3NO3/c1-2-4(3-11)5(12)14-6(13)7(8,9)10/h3-4,11H,2H2,1H3. The maximum Gasteiger partial charge on any atom is 0.491 e. The second kappa shape index (κ2) is 4.73. The highest BCUT2D eigenvalue weighted by Gasteiger charge is 2.43. The third kappa shape index (κ3) is 3.55. The molecular weight excluding hydrogens is 203 g/mol. The number of hydrogen-bond donors (Lipinski definition) is 1. The van der Waals surface area contributed by atoms with E-state index in [9.17, 15) is 22.8 Å². The maximum absolute atomic E-state index is 11.6. The van der Waals surface area contributed by atoms with Crippen LogP contribution >= 0.6 is 0 Å². The number of halogens is 3. The zero-order valence-corrected chi connectivity index (χ0v) is 7.22. The van der Waals surface area contributed by atoms with E-state index in [0.29, 0.717) is 6.21 Å². The summed E-state index contributed by atoms with van der Waals surface area (Å²) in [5, 5.41) is 6.67. The van der Waals surface area contributed by atoms with Gasteiger partial charge in [-0.05, 0) is 6.42 Å². The fraction of sp³-hybridized carbons (Fsp3) is 0.571. The van der Waals surface area contributed by atoms with Crippen molar-refractivity contribution in [2.24, 2.45) is 5.92 Å². The van der Waals surface area contributed by atoms with Crippen LogP contribution in [-0.2, 0) is 14.3 Å². The molecule has 1 N–H and O–H groups in total. The van der Waals surface area contributed by atoms with Crippen molar-refractivity contribution >= 4 is 18.2 Å². The molecule has 14 heavy (non-hydrogen) atoms. The predicted molar refractivity (Wildman–Crippen MR) is 39.7 cm³/mol. The second-order valence-corrected chi connectivity index (χ2v) is 2.39. The minimum absolute atomic E-state index is 0.105. The monoisotopic (exact) mass is 211 g/mol. The zero-order chi connectivity index (χ0) is 11.4. The van der Waals surface area contributed by atoms with Crippen molar-refractivity contribution in [3.63, 3.8) is 0 Å². The summed E-state index contributed by atoms with van der Waals surface area (Å²) >= 11 is 0. The molecule has 0 aromatic carbocycles. The van der Waals surface area contributed by atoms with Crippen molar-refractivity contribution in [2.45, 2.75) is 19.5 Å². The van der Waals surface area contributed by atoms with E-state index in [1.54, 1.807) is 0 Å². The molecule has 0 aliphatic rings. The van der Waals surface area contributed by atoms with Crippen molar-refractivity contribution in [3.8, 4) is 0 Å². The van der Waals surface area contributed by atoms with E-state index in [4.69, 9.17) is 5.41 Å². The third-order valence-corrected chi connectivity index (χ3v) is 1.37. The Bertz CT molecular complexity index is 249. The molecule has 4 nitrogen and oxygen atoms in total. The van der Waals surface area contributed by atoms with Gasteiger partial charge in [0, 0.05) is 6.21 Å². The molecule has 0 bridgehead atoms. The lowest BCUT2D eigenvalue weighted by molar-refractivity contribution is -0.202. The summed E-state index contributed by atoms with van der Waals surface area (Å²) in [6, 6.07) is 0. The average Bonchev–Trinajstić information content (AvgIpc) is 2.04. The largest absolute Gasteiger partial charge is 0.491 e. The molecule has 1 atom stereocenters. The first-order valence-electron chi connectivity index (χ1n) is 3.66. The van der Waals surface area contributed by atoms with Gasteiger partial charge in [0.25, 0.3) is 0 Å². The molecule has 0 rings (SSSR count). The predicted octanol–water partition coefficient (Wildman–Crippen LogP) is 1.29. The van der Waals surface area contributed by atoms with E-state index < -0.39 is 24.0 Å². The van der Waals surface area contributed by atoms with E-state index in [1.165, 1.54) is 6.92 Å². The lowest BCUT2D eigenvalue weighted by Crippen LogP contribution is -2.31. The molecule has 0 saturated carbocycles. The van der Waals surface area contributed by atoms with E-state index in [1.807, 2.05) is 0 Å². The molecule has 0 fully saturated rings. The van der Waals surface area contributed by atoms with Gasteiger partial charge in [-0.2, -0.15) is 13.2 Å². The van der Waals surface area contributed by atoms with Gasteiger partial charge < -0.3 is 10.1 Å². The number of hydrogen-bond acceptors (Lipinski definition) is 4. The number of carbonyl (C=O) groups is 2. The quantitative estimate of drug-likeness (QED) is 0.434. The first-order valence-corrected chi connectivity index (χ1v) is 3.66. The summed E-state index contributed by atoms with van der Waals surface area (Å²) in [5.74, 6) is -5.02. The highest BCUT2D eigenvalue weighted by atomic mass is 19.4. The van der Waals surface area contributed by atoms with Crippen LogP contribution in [0.4, 0.5) is 13.2 Å². The minimum Gasteiger partial charge on any atom is -0.386 e. The molecule has 0 spiro atoms. The van der Waals surface area contributed by atoms with Crippen LogP contribution in [0.1, 0.15) is 13.3 Å². The number of alkyl halides is 3. The summed E-state index contributed by atoms with van der Waals surface area (Å²) in [5.41, 5.74) is 0. The van der Waals surface area contributed by atoms with Crippen molar-refractivity contribution in [1.82, 2.24) is 0 Å². The van der Waals surface area contributed by atoms with Gasteiger partial charge in [-0.1, -0.05) is 6.92 Å². The van der Waals surface area contributed by atoms with E-state index >= 15 is 0 Å². The fourth-order valence-electron chi connectivity index (χ4n) is 0.577. The van der Waals surface area contributed by atoms with Crippen LogP contribution in [0.15, 0.2) is 0 Å². The van der Waals surface area contributed by atoms with Crippen LogP contribution in [0.5, 0.6) is 0 Å². The molecule has 0 aliphatic heterocycles. The van der Waals surface area contributed by atoms with Gasteiger partial charge in [0.2, 0.25) is 0 Å². The number of ether oxygens (including phenoxy) is 1. The lowest BCUT2D eigenvalue weighted by atomic mass is 10.1. The van der Waals surface area contributed by atoms with Crippen LogP contribution < -0.4 is 0 Å². The van der Waals surface area contributed by atoms with Crippen LogP contribution in [-0.4, -0.2) is 24.3 Å². The molecular formula is C7H8F3NO3. The highest BCUT2D eigenvalue weighted by molar-refractivity contribution is 5.96. The van der Waals surface area contributed by atoms with Crippen molar-refractivity contribution in [3.05, 3.63) is 0 Å². The number of esters is 2. The van der Waals surface area contributed by atoms with Gasteiger partial charge in [0.15, 0.2) is 0 Å². The Morgan fingerprint density at radius 3 is 2.29 bits per heavy atom. The van der Waals surface area contributed by atoms with E-state index in [-0.39, 0.29) is 6.42 Å². The number of rotatable bonds is 3. The summed E-state index contributed by atoms with van der Waals surface area (Å²) in [6.07, 6.45) is -4.45. The van der Waals surface area contributed by atoms with E-state index in [2.05, 4.69) is 4.74 Å². The smallest absolute Gasteiger partial charge is 0.386 e. The molecule has 0 aromatic rings. The Hall–Kier alpha value is -1.40. The molecule has 7 heteroatoms. The maximum atomic E-state index is 11.6. The van der Waals surface area contributed by atoms with Crippen molar-refractivity contribution in [2.75, 3.05) is 0 Å². The first-order chi connectivity index (χ1) is 6.32. The summed E-state index contributed by atoms with van der Waals surface area (Å²) in [7, 11) is 0. The average molecular weight is 211 g/mol.